The van der Waals surface area contributed by atoms with Crippen molar-refractivity contribution in [3.8, 4) is 5.75 Å². The molecular weight excluding hydrogens is 262 g/mol. The average molecular weight is 280 g/mol. The summed E-state index contributed by atoms with van der Waals surface area (Å²) < 4.78 is 11.0. The first-order chi connectivity index (χ1) is 9.13. The van der Waals surface area contributed by atoms with Gasteiger partial charge in [-0.1, -0.05) is 19.9 Å². The van der Waals surface area contributed by atoms with Gasteiger partial charge < -0.3 is 14.5 Å². The van der Waals surface area contributed by atoms with Gasteiger partial charge in [-0.05, 0) is 41.8 Å². The molecule has 1 aromatic carbocycles. The van der Waals surface area contributed by atoms with Gasteiger partial charge in [0.1, 0.15) is 11.5 Å². The summed E-state index contributed by atoms with van der Waals surface area (Å²) in [6.07, 6.45) is 0. The predicted octanol–water partition coefficient (Wildman–Crippen LogP) is 4.58. The Hall–Kier alpha value is -1.61. The van der Waals surface area contributed by atoms with Gasteiger partial charge in [-0.15, -0.1) is 0 Å². The van der Waals surface area contributed by atoms with Crippen molar-refractivity contribution in [3.63, 3.8) is 0 Å². The normalized spacial score (nSPS) is 10.7. The topological polar surface area (TPSA) is 34.4 Å². The fourth-order valence-electron chi connectivity index (χ4n) is 1.59. The highest BCUT2D eigenvalue weighted by Crippen LogP contribution is 2.20. The van der Waals surface area contributed by atoms with Crippen LogP contribution in [-0.2, 0) is 6.54 Å². The molecule has 0 bridgehead atoms. The molecule has 2 aromatic rings. The molecule has 102 valence electrons. The van der Waals surface area contributed by atoms with Crippen LogP contribution in [-0.4, -0.2) is 6.61 Å². The Kier molecular flexibility index (Phi) is 4.74. The summed E-state index contributed by atoms with van der Waals surface area (Å²) in [6.45, 7) is 5.57. The molecule has 0 radical (unpaired) electrons. The van der Waals surface area contributed by atoms with Crippen molar-refractivity contribution in [2.24, 2.45) is 5.92 Å². The van der Waals surface area contributed by atoms with Gasteiger partial charge >= 0.3 is 0 Å². The second-order valence-corrected chi connectivity index (χ2v) is 5.16. The van der Waals surface area contributed by atoms with Crippen LogP contribution in [0.25, 0.3) is 0 Å². The maximum atomic E-state index is 5.72. The number of rotatable bonds is 6. The highest BCUT2D eigenvalue weighted by molar-refractivity contribution is 6.28. The molecule has 19 heavy (non-hydrogen) atoms. The minimum atomic E-state index is 0.408. The van der Waals surface area contributed by atoms with E-state index < -0.39 is 0 Å². The lowest BCUT2D eigenvalue weighted by Gasteiger charge is -2.10. The Morgan fingerprint density at radius 1 is 1.26 bits per heavy atom. The van der Waals surface area contributed by atoms with E-state index in [0.717, 1.165) is 23.8 Å². The maximum absolute atomic E-state index is 5.72. The summed E-state index contributed by atoms with van der Waals surface area (Å²) in [6, 6.07) is 11.5. The van der Waals surface area contributed by atoms with E-state index in [4.69, 9.17) is 20.8 Å². The van der Waals surface area contributed by atoms with Crippen LogP contribution in [0.3, 0.4) is 0 Å². The van der Waals surface area contributed by atoms with Crippen molar-refractivity contribution in [3.05, 3.63) is 47.4 Å². The first kappa shape index (κ1) is 13.8. The van der Waals surface area contributed by atoms with Crippen molar-refractivity contribution >= 4 is 17.3 Å². The summed E-state index contributed by atoms with van der Waals surface area (Å²) >= 11 is 5.72. The lowest BCUT2D eigenvalue weighted by Crippen LogP contribution is -2.05. The van der Waals surface area contributed by atoms with E-state index in [-0.39, 0.29) is 0 Å². The predicted molar refractivity (Wildman–Crippen MR) is 77.8 cm³/mol. The van der Waals surface area contributed by atoms with Gasteiger partial charge in [0, 0.05) is 11.8 Å². The number of benzene rings is 1. The molecule has 0 saturated carbocycles. The molecule has 2 rings (SSSR count). The Bertz CT molecular complexity index is 522. The molecule has 0 aliphatic heterocycles. The smallest absolute Gasteiger partial charge is 0.193 e. The third kappa shape index (κ3) is 4.52. The molecule has 0 aliphatic carbocycles. The highest BCUT2D eigenvalue weighted by Gasteiger charge is 2.01. The van der Waals surface area contributed by atoms with E-state index in [1.54, 1.807) is 6.07 Å². The SMILES string of the molecule is CC(C)COc1cccc(NCc2ccc(Cl)o2)c1. The van der Waals surface area contributed by atoms with E-state index in [1.165, 1.54) is 0 Å². The van der Waals surface area contributed by atoms with E-state index >= 15 is 0 Å². The number of anilines is 1. The van der Waals surface area contributed by atoms with Gasteiger partial charge in [0.2, 0.25) is 0 Å². The number of hydrogen-bond acceptors (Lipinski definition) is 3. The first-order valence-corrected chi connectivity index (χ1v) is 6.72. The molecule has 0 amide bonds. The summed E-state index contributed by atoms with van der Waals surface area (Å²) in [5, 5.41) is 3.68. The van der Waals surface area contributed by atoms with Crippen LogP contribution in [0.5, 0.6) is 5.75 Å². The maximum Gasteiger partial charge on any atom is 0.193 e. The van der Waals surface area contributed by atoms with Crippen LogP contribution in [0.15, 0.2) is 40.8 Å². The van der Waals surface area contributed by atoms with E-state index in [0.29, 0.717) is 17.7 Å². The van der Waals surface area contributed by atoms with E-state index in [2.05, 4.69) is 19.2 Å². The highest BCUT2D eigenvalue weighted by atomic mass is 35.5. The van der Waals surface area contributed by atoms with Crippen molar-refractivity contribution in [1.82, 2.24) is 0 Å². The third-order valence-electron chi connectivity index (χ3n) is 2.51. The van der Waals surface area contributed by atoms with Crippen LogP contribution < -0.4 is 10.1 Å². The third-order valence-corrected chi connectivity index (χ3v) is 2.72. The van der Waals surface area contributed by atoms with Crippen LogP contribution in [0.2, 0.25) is 5.22 Å². The number of nitrogens with one attached hydrogen (secondary N) is 1. The summed E-state index contributed by atoms with van der Waals surface area (Å²) in [5.74, 6) is 2.19. The minimum absolute atomic E-state index is 0.408. The van der Waals surface area contributed by atoms with Crippen molar-refractivity contribution in [2.75, 3.05) is 11.9 Å². The van der Waals surface area contributed by atoms with E-state index in [9.17, 15) is 0 Å². The van der Waals surface area contributed by atoms with Gasteiger partial charge in [0.05, 0.1) is 13.2 Å². The Labute approximate surface area is 118 Å². The fraction of sp³-hybridized carbons (Fsp3) is 0.333. The molecule has 4 heteroatoms. The largest absolute Gasteiger partial charge is 0.493 e. The molecule has 0 unspecified atom stereocenters. The molecule has 0 fully saturated rings. The average Bonchev–Trinajstić information content (AvgIpc) is 2.80. The summed E-state index contributed by atoms with van der Waals surface area (Å²) in [7, 11) is 0. The minimum Gasteiger partial charge on any atom is -0.493 e. The molecule has 0 saturated heterocycles. The lowest BCUT2D eigenvalue weighted by atomic mass is 10.2. The van der Waals surface area contributed by atoms with Crippen molar-refractivity contribution in [2.45, 2.75) is 20.4 Å². The summed E-state index contributed by atoms with van der Waals surface area (Å²) in [4.78, 5) is 0. The Morgan fingerprint density at radius 2 is 2.11 bits per heavy atom. The number of halogens is 1. The zero-order chi connectivity index (χ0) is 13.7. The standard InChI is InChI=1S/C15H18ClNO2/c1-11(2)10-18-13-5-3-4-12(8-13)17-9-14-6-7-15(16)19-14/h3-8,11,17H,9-10H2,1-2H3. The summed E-state index contributed by atoms with van der Waals surface area (Å²) in [5.41, 5.74) is 0.994. The first-order valence-electron chi connectivity index (χ1n) is 6.34. The van der Waals surface area contributed by atoms with Gasteiger partial charge in [-0.2, -0.15) is 0 Å². The monoisotopic (exact) mass is 279 g/mol. The molecule has 1 heterocycles. The molecule has 0 aliphatic rings. The zero-order valence-electron chi connectivity index (χ0n) is 11.2. The second-order valence-electron chi connectivity index (χ2n) is 4.79. The van der Waals surface area contributed by atoms with Gasteiger partial charge in [0.25, 0.3) is 0 Å². The lowest BCUT2D eigenvalue weighted by molar-refractivity contribution is 0.271. The molecular formula is C15H18ClNO2. The van der Waals surface area contributed by atoms with Crippen LogP contribution >= 0.6 is 11.6 Å². The molecule has 3 nitrogen and oxygen atoms in total. The Balaban J connectivity index is 1.91. The van der Waals surface area contributed by atoms with Gasteiger partial charge in [0.15, 0.2) is 5.22 Å². The molecule has 0 spiro atoms. The molecule has 0 atom stereocenters. The zero-order valence-corrected chi connectivity index (χ0v) is 11.9. The number of hydrogen-bond donors (Lipinski definition) is 1. The van der Waals surface area contributed by atoms with Crippen molar-refractivity contribution < 1.29 is 9.15 Å². The van der Waals surface area contributed by atoms with E-state index in [1.807, 2.05) is 30.3 Å². The molecule has 1 aromatic heterocycles. The van der Waals surface area contributed by atoms with Crippen molar-refractivity contribution in [1.29, 1.82) is 0 Å². The second kappa shape index (κ2) is 6.53. The van der Waals surface area contributed by atoms with Gasteiger partial charge in [-0.25, -0.2) is 0 Å². The Morgan fingerprint density at radius 3 is 2.79 bits per heavy atom. The van der Waals surface area contributed by atoms with Gasteiger partial charge in [-0.3, -0.25) is 0 Å². The number of furan rings is 1. The fourth-order valence-corrected chi connectivity index (χ4v) is 1.76. The van der Waals surface area contributed by atoms with Crippen LogP contribution in [0.1, 0.15) is 19.6 Å². The van der Waals surface area contributed by atoms with Crippen LogP contribution in [0.4, 0.5) is 5.69 Å². The molecule has 1 N–H and O–H groups in total. The number of ether oxygens (including phenoxy) is 1. The van der Waals surface area contributed by atoms with Crippen LogP contribution in [0, 0.1) is 5.92 Å². The quantitative estimate of drug-likeness (QED) is 0.840.